The van der Waals surface area contributed by atoms with Gasteiger partial charge in [-0.25, -0.2) is 8.42 Å². The number of sulfonamides is 1. The van der Waals surface area contributed by atoms with Gasteiger partial charge in [-0.1, -0.05) is 25.4 Å². The van der Waals surface area contributed by atoms with Crippen LogP contribution in [-0.4, -0.2) is 64.6 Å². The zero-order valence-electron chi connectivity index (χ0n) is 19.1. The third-order valence-corrected chi connectivity index (χ3v) is 7.91. The van der Waals surface area contributed by atoms with E-state index in [1.165, 1.54) is 10.4 Å². The molecule has 0 unspecified atom stereocenters. The summed E-state index contributed by atoms with van der Waals surface area (Å²) in [6.45, 7) is 8.35. The Bertz CT molecular complexity index is 1080. The number of rotatable bonds is 9. The minimum absolute atomic E-state index is 0.132. The van der Waals surface area contributed by atoms with Crippen LogP contribution >= 0.6 is 11.6 Å². The third kappa shape index (κ3) is 6.17. The maximum atomic E-state index is 13.0. The van der Waals surface area contributed by atoms with Crippen LogP contribution in [0.25, 0.3) is 0 Å². The fourth-order valence-corrected chi connectivity index (χ4v) is 5.21. The van der Waals surface area contributed by atoms with Crippen LogP contribution < -0.4 is 15.0 Å². The quantitative estimate of drug-likeness (QED) is 0.572. The van der Waals surface area contributed by atoms with E-state index in [1.54, 1.807) is 44.2 Å². The van der Waals surface area contributed by atoms with Crippen molar-refractivity contribution in [2.45, 2.75) is 25.7 Å². The second-order valence-corrected chi connectivity index (χ2v) is 9.96. The van der Waals surface area contributed by atoms with Gasteiger partial charge in [0.05, 0.1) is 29.5 Å². The highest BCUT2D eigenvalue weighted by Gasteiger charge is 2.25. The van der Waals surface area contributed by atoms with Gasteiger partial charge in [-0.05, 0) is 48.9 Å². The number of morpholine rings is 1. The Morgan fingerprint density at radius 1 is 1.15 bits per heavy atom. The van der Waals surface area contributed by atoms with E-state index < -0.39 is 15.9 Å². The fourth-order valence-electron chi connectivity index (χ4n) is 3.61. The zero-order chi connectivity index (χ0) is 24.0. The molecule has 1 N–H and O–H groups in total. The molecule has 3 rings (SSSR count). The molecule has 0 atom stereocenters. The maximum Gasteiger partial charge on any atom is 0.262 e. The van der Waals surface area contributed by atoms with Crippen LogP contribution in [0.4, 0.5) is 11.4 Å². The van der Waals surface area contributed by atoms with Crippen molar-refractivity contribution in [1.29, 1.82) is 0 Å². The highest BCUT2D eigenvalue weighted by Crippen LogP contribution is 2.31. The van der Waals surface area contributed by atoms with Crippen LogP contribution in [0.15, 0.2) is 41.3 Å². The summed E-state index contributed by atoms with van der Waals surface area (Å²) in [4.78, 5) is 14.9. The van der Waals surface area contributed by atoms with Gasteiger partial charge in [-0.2, -0.15) is 4.31 Å². The lowest BCUT2D eigenvalue weighted by Crippen LogP contribution is -2.37. The molecule has 1 heterocycles. The Morgan fingerprint density at radius 2 is 1.85 bits per heavy atom. The standard InChI is InChI=1S/C23H30ClN3O5S/c1-4-27(5-2)33(29,30)19-7-9-22(26-10-12-31-13-11-26)21(15-19)25-23(28)16-32-18-6-8-20(24)17(3)14-18/h6-9,14-15H,4-5,10-13,16H2,1-3H3,(H,25,28). The molecule has 0 aromatic heterocycles. The number of aryl methyl sites for hydroxylation is 1. The summed E-state index contributed by atoms with van der Waals surface area (Å²) in [5, 5.41) is 3.45. The highest BCUT2D eigenvalue weighted by molar-refractivity contribution is 7.89. The van der Waals surface area contributed by atoms with Gasteiger partial charge in [-0.15, -0.1) is 0 Å². The molecule has 0 bridgehead atoms. The molecule has 2 aromatic rings. The van der Waals surface area contributed by atoms with E-state index in [4.69, 9.17) is 21.1 Å². The van der Waals surface area contributed by atoms with Crippen molar-refractivity contribution >= 4 is 38.9 Å². The summed E-state index contributed by atoms with van der Waals surface area (Å²) in [6.07, 6.45) is 0. The zero-order valence-corrected chi connectivity index (χ0v) is 20.7. The predicted molar refractivity (Wildman–Crippen MR) is 130 cm³/mol. The second kappa shape index (κ2) is 11.2. The van der Waals surface area contributed by atoms with Crippen LogP contribution in [0.2, 0.25) is 5.02 Å². The van der Waals surface area contributed by atoms with Crippen molar-refractivity contribution in [3.05, 3.63) is 47.0 Å². The van der Waals surface area contributed by atoms with Crippen LogP contribution in [0, 0.1) is 6.92 Å². The van der Waals surface area contributed by atoms with E-state index in [2.05, 4.69) is 10.2 Å². The Labute approximate surface area is 200 Å². The van der Waals surface area contributed by atoms with Gasteiger partial charge in [0.1, 0.15) is 5.75 Å². The topological polar surface area (TPSA) is 88.2 Å². The maximum absolute atomic E-state index is 13.0. The number of benzene rings is 2. The van der Waals surface area contributed by atoms with E-state index in [0.717, 1.165) is 11.3 Å². The molecule has 10 heteroatoms. The van der Waals surface area contributed by atoms with Gasteiger partial charge in [-0.3, -0.25) is 4.79 Å². The van der Waals surface area contributed by atoms with Crippen molar-refractivity contribution < 1.29 is 22.7 Å². The third-order valence-electron chi connectivity index (χ3n) is 5.44. The van der Waals surface area contributed by atoms with Crippen molar-refractivity contribution in [2.75, 3.05) is 56.2 Å². The number of hydrogen-bond donors (Lipinski definition) is 1. The summed E-state index contributed by atoms with van der Waals surface area (Å²) in [7, 11) is -3.68. The number of nitrogens with one attached hydrogen (secondary N) is 1. The van der Waals surface area contributed by atoms with Crippen LogP contribution in [0.3, 0.4) is 0 Å². The van der Waals surface area contributed by atoms with Crippen LogP contribution in [-0.2, 0) is 19.6 Å². The van der Waals surface area contributed by atoms with Crippen molar-refractivity contribution in [3.63, 3.8) is 0 Å². The van der Waals surface area contributed by atoms with Gasteiger partial charge in [0.25, 0.3) is 5.91 Å². The molecule has 1 fully saturated rings. The molecule has 2 aromatic carbocycles. The largest absolute Gasteiger partial charge is 0.484 e. The minimum atomic E-state index is -3.68. The van der Waals surface area contributed by atoms with Crippen molar-refractivity contribution in [3.8, 4) is 5.75 Å². The number of hydrogen-bond acceptors (Lipinski definition) is 6. The Kier molecular flexibility index (Phi) is 8.58. The predicted octanol–water partition coefficient (Wildman–Crippen LogP) is 3.53. The Morgan fingerprint density at radius 3 is 2.48 bits per heavy atom. The van der Waals surface area contributed by atoms with Crippen LogP contribution in [0.5, 0.6) is 5.75 Å². The summed E-state index contributed by atoms with van der Waals surface area (Å²) < 4.78 is 38.5. The van der Waals surface area contributed by atoms with Crippen molar-refractivity contribution in [1.82, 2.24) is 4.31 Å². The first-order valence-electron chi connectivity index (χ1n) is 10.9. The van der Waals surface area contributed by atoms with E-state index in [1.807, 2.05) is 6.92 Å². The van der Waals surface area contributed by atoms with Gasteiger partial charge < -0.3 is 19.7 Å². The molecule has 0 aliphatic carbocycles. The molecule has 1 amide bonds. The molecule has 0 radical (unpaired) electrons. The highest BCUT2D eigenvalue weighted by atomic mass is 35.5. The lowest BCUT2D eigenvalue weighted by atomic mass is 10.2. The summed E-state index contributed by atoms with van der Waals surface area (Å²) >= 11 is 6.04. The number of anilines is 2. The smallest absolute Gasteiger partial charge is 0.262 e. The molecule has 33 heavy (non-hydrogen) atoms. The number of halogens is 1. The van der Waals surface area contributed by atoms with Gasteiger partial charge in [0, 0.05) is 31.2 Å². The van der Waals surface area contributed by atoms with E-state index in [0.29, 0.717) is 55.9 Å². The summed E-state index contributed by atoms with van der Waals surface area (Å²) in [5.41, 5.74) is 2.01. The fraction of sp³-hybridized carbons (Fsp3) is 0.435. The molecule has 1 aliphatic heterocycles. The monoisotopic (exact) mass is 495 g/mol. The number of ether oxygens (including phenoxy) is 2. The normalized spacial score (nSPS) is 14.4. The second-order valence-electron chi connectivity index (χ2n) is 7.62. The van der Waals surface area contributed by atoms with Crippen molar-refractivity contribution in [2.24, 2.45) is 0 Å². The molecule has 1 saturated heterocycles. The average molecular weight is 496 g/mol. The molecule has 8 nitrogen and oxygen atoms in total. The number of amides is 1. The number of carbonyl (C=O) groups is 1. The molecule has 0 spiro atoms. The van der Waals surface area contributed by atoms with E-state index in [-0.39, 0.29) is 11.5 Å². The summed E-state index contributed by atoms with van der Waals surface area (Å²) in [6, 6.07) is 10.00. The first-order chi connectivity index (χ1) is 15.8. The molecule has 180 valence electrons. The van der Waals surface area contributed by atoms with E-state index in [9.17, 15) is 13.2 Å². The lowest BCUT2D eigenvalue weighted by molar-refractivity contribution is -0.118. The molecular formula is C23H30ClN3O5S. The number of carbonyl (C=O) groups excluding carboxylic acids is 1. The Balaban J connectivity index is 1.84. The van der Waals surface area contributed by atoms with Gasteiger partial charge in [0.15, 0.2) is 6.61 Å². The van der Waals surface area contributed by atoms with Gasteiger partial charge >= 0.3 is 0 Å². The SMILES string of the molecule is CCN(CC)S(=O)(=O)c1ccc(N2CCOCC2)c(NC(=O)COc2ccc(Cl)c(C)c2)c1. The average Bonchev–Trinajstić information content (AvgIpc) is 2.81. The first kappa shape index (κ1) is 25.3. The summed E-state index contributed by atoms with van der Waals surface area (Å²) in [5.74, 6) is 0.132. The Hall–Kier alpha value is -2.33. The van der Waals surface area contributed by atoms with Crippen LogP contribution in [0.1, 0.15) is 19.4 Å². The number of nitrogens with zero attached hydrogens (tertiary/aromatic N) is 2. The minimum Gasteiger partial charge on any atom is -0.484 e. The lowest BCUT2D eigenvalue weighted by Gasteiger charge is -2.31. The molecular weight excluding hydrogens is 466 g/mol. The molecule has 0 saturated carbocycles. The van der Waals surface area contributed by atoms with E-state index >= 15 is 0 Å². The first-order valence-corrected chi connectivity index (χ1v) is 12.7. The van der Waals surface area contributed by atoms with Gasteiger partial charge in [0.2, 0.25) is 10.0 Å². The molecule has 1 aliphatic rings.